The molecular weight excluding hydrogens is 543 g/mol. The number of halogens is 1. The molecule has 0 unspecified atom stereocenters. The fraction of sp³-hybridized carbons (Fsp3) is 0.526. The molecule has 0 saturated carbocycles. The lowest BCUT2D eigenvalue weighted by Gasteiger charge is -2.29. The minimum absolute atomic E-state index is 0.0819. The third kappa shape index (κ3) is 9.72. The van der Waals surface area contributed by atoms with Crippen LogP contribution < -0.4 is 9.50 Å². The molecule has 0 aromatic heterocycles. The Morgan fingerprint density at radius 3 is 2.16 bits per heavy atom. The first kappa shape index (κ1) is 26.9. The van der Waals surface area contributed by atoms with Crippen molar-refractivity contribution in [1.82, 2.24) is 10.2 Å². The van der Waals surface area contributed by atoms with Crippen LogP contribution in [-0.4, -0.2) is 63.1 Å². The van der Waals surface area contributed by atoms with Crippen molar-refractivity contribution in [1.29, 1.82) is 0 Å². The molecule has 0 aliphatic carbocycles. The molecule has 2 amide bonds. The minimum Gasteiger partial charge on any atom is -0.467 e. The molecule has 0 saturated heterocycles. The van der Waals surface area contributed by atoms with Gasteiger partial charge in [-0.1, -0.05) is 12.1 Å². The number of likely N-dealkylation sites (N-methyl/N-ethyl adjacent to an activating group) is 1. The Labute approximate surface area is 194 Å². The number of nitrogens with zero attached hydrogens (tertiary/aromatic N) is 1. The second-order valence-electron chi connectivity index (χ2n) is 7.68. The molecule has 2 atom stereocenters. The zero-order chi connectivity index (χ0) is 24.0. The Morgan fingerprint density at radius 2 is 1.71 bits per heavy atom. The molecule has 0 aliphatic heterocycles. The van der Waals surface area contributed by atoms with E-state index in [-0.39, 0.29) is 12.2 Å². The normalized spacial score (nSPS) is 13.5. The molecule has 1 N–H and O–H groups in total. The lowest BCUT2D eigenvalue weighted by Crippen LogP contribution is -2.52. The monoisotopic (exact) mass is 570 g/mol. The maximum atomic E-state index is 12.6. The van der Waals surface area contributed by atoms with Gasteiger partial charge in [0.15, 0.2) is 0 Å². The van der Waals surface area contributed by atoms with Crippen LogP contribution in [0.1, 0.15) is 33.3 Å². The van der Waals surface area contributed by atoms with Crippen LogP contribution in [0.3, 0.4) is 0 Å². The van der Waals surface area contributed by atoms with Gasteiger partial charge in [0.1, 0.15) is 44.6 Å². The van der Waals surface area contributed by atoms with Gasteiger partial charge >= 0.3 is 19.4 Å². The van der Waals surface area contributed by atoms with E-state index in [0.29, 0.717) is 5.56 Å². The molecular formula is C19H27IN2O8S. The average molecular weight is 570 g/mol. The number of carbonyl (C=O) groups excluding carboxylic acids is 3. The van der Waals surface area contributed by atoms with Crippen LogP contribution in [0, 0.1) is 0 Å². The average Bonchev–Trinajstić information content (AvgIpc) is 2.64. The number of ether oxygens (including phenoxy) is 2. The van der Waals surface area contributed by atoms with Crippen molar-refractivity contribution >= 4 is 46.5 Å². The van der Waals surface area contributed by atoms with E-state index in [9.17, 15) is 22.8 Å². The largest absolute Gasteiger partial charge is 0.467 e. The SMILES string of the molecule is COC(=O)[C@H](Cc1ccc(OS(=O)(=O)I)cc1)NC(=O)[C@H](C)N(C)C(=O)OC(C)(C)C. The van der Waals surface area contributed by atoms with Gasteiger partial charge in [-0.25, -0.2) is 9.59 Å². The smallest absolute Gasteiger partial charge is 0.410 e. The summed E-state index contributed by atoms with van der Waals surface area (Å²) < 4.78 is 37.1. The van der Waals surface area contributed by atoms with Crippen molar-refractivity contribution in [3.05, 3.63) is 29.8 Å². The highest BCUT2D eigenvalue weighted by Gasteiger charge is 2.30. The molecule has 0 heterocycles. The maximum Gasteiger partial charge on any atom is 0.410 e. The van der Waals surface area contributed by atoms with E-state index in [1.165, 1.54) is 33.2 Å². The van der Waals surface area contributed by atoms with Gasteiger partial charge in [0, 0.05) is 13.5 Å². The number of hydrogen-bond acceptors (Lipinski definition) is 8. The van der Waals surface area contributed by atoms with E-state index in [1.807, 2.05) is 0 Å². The molecule has 1 aromatic rings. The highest BCUT2D eigenvalue weighted by molar-refractivity contribution is 14.2. The van der Waals surface area contributed by atoms with Crippen LogP contribution in [0.2, 0.25) is 0 Å². The van der Waals surface area contributed by atoms with Crippen LogP contribution in [0.15, 0.2) is 24.3 Å². The van der Waals surface area contributed by atoms with Gasteiger partial charge < -0.3 is 19.0 Å². The van der Waals surface area contributed by atoms with Gasteiger partial charge in [-0.3, -0.25) is 9.69 Å². The van der Waals surface area contributed by atoms with Gasteiger partial charge in [-0.2, -0.15) is 8.42 Å². The molecule has 0 radical (unpaired) electrons. The third-order valence-corrected chi connectivity index (χ3v) is 4.93. The van der Waals surface area contributed by atoms with E-state index >= 15 is 0 Å². The molecule has 1 rings (SSSR count). The van der Waals surface area contributed by atoms with Crippen LogP contribution in [0.4, 0.5) is 4.79 Å². The number of methoxy groups -OCH3 is 1. The van der Waals surface area contributed by atoms with Gasteiger partial charge in [0.05, 0.1) is 7.11 Å². The van der Waals surface area contributed by atoms with E-state index < -0.39 is 42.9 Å². The molecule has 10 nitrogen and oxygen atoms in total. The minimum atomic E-state index is -3.69. The van der Waals surface area contributed by atoms with E-state index in [4.69, 9.17) is 13.7 Å². The van der Waals surface area contributed by atoms with Gasteiger partial charge in [-0.15, -0.1) is 0 Å². The van der Waals surface area contributed by atoms with Gasteiger partial charge in [0.2, 0.25) is 5.91 Å². The van der Waals surface area contributed by atoms with Crippen LogP contribution in [-0.2, 0) is 32.8 Å². The van der Waals surface area contributed by atoms with Crippen molar-refractivity contribution in [3.63, 3.8) is 0 Å². The Kier molecular flexibility index (Phi) is 9.54. The quantitative estimate of drug-likeness (QED) is 0.286. The van der Waals surface area contributed by atoms with Crippen molar-refractivity contribution < 1.29 is 36.5 Å². The summed E-state index contributed by atoms with van der Waals surface area (Å²) in [5, 5.41) is 2.58. The van der Waals surface area contributed by atoms with Crippen LogP contribution >= 0.6 is 21.2 Å². The Balaban J connectivity index is 2.87. The second kappa shape index (κ2) is 11.0. The predicted octanol–water partition coefficient (Wildman–Crippen LogP) is 2.20. The summed E-state index contributed by atoms with van der Waals surface area (Å²) in [6, 6.07) is 4.06. The lowest BCUT2D eigenvalue weighted by molar-refractivity contribution is -0.145. The highest BCUT2D eigenvalue weighted by atomic mass is 127. The summed E-state index contributed by atoms with van der Waals surface area (Å²) in [6.45, 7) is 6.64. The lowest BCUT2D eigenvalue weighted by atomic mass is 10.1. The van der Waals surface area contributed by atoms with Crippen LogP contribution in [0.5, 0.6) is 5.75 Å². The topological polar surface area (TPSA) is 128 Å². The molecule has 12 heteroatoms. The molecule has 1 aromatic carbocycles. The number of benzene rings is 1. The van der Waals surface area contributed by atoms with Crippen molar-refractivity contribution in [2.75, 3.05) is 14.2 Å². The summed E-state index contributed by atoms with van der Waals surface area (Å²) in [7, 11) is -1.07. The molecule has 174 valence electrons. The summed E-state index contributed by atoms with van der Waals surface area (Å²) >= 11 is 1.16. The predicted molar refractivity (Wildman–Crippen MR) is 121 cm³/mol. The van der Waals surface area contributed by atoms with Crippen molar-refractivity contribution in [3.8, 4) is 5.75 Å². The Bertz CT molecular complexity index is 896. The molecule has 0 spiro atoms. The third-order valence-electron chi connectivity index (χ3n) is 4.00. The van der Waals surface area contributed by atoms with Crippen LogP contribution in [0.25, 0.3) is 0 Å². The first-order chi connectivity index (χ1) is 14.1. The second-order valence-corrected chi connectivity index (χ2v) is 11.9. The summed E-state index contributed by atoms with van der Waals surface area (Å²) in [6.07, 6.45) is -0.594. The first-order valence-corrected chi connectivity index (χ1v) is 13.1. The van der Waals surface area contributed by atoms with E-state index in [2.05, 4.69) is 5.32 Å². The summed E-state index contributed by atoms with van der Waals surface area (Å²) in [5.41, 5.74) is -0.0927. The van der Waals surface area contributed by atoms with E-state index in [1.54, 1.807) is 32.9 Å². The first-order valence-electron chi connectivity index (χ1n) is 9.20. The number of amides is 2. The highest BCUT2D eigenvalue weighted by Crippen LogP contribution is 2.18. The number of carbonyl (C=O) groups is 3. The zero-order valence-electron chi connectivity index (χ0n) is 18.2. The summed E-state index contributed by atoms with van der Waals surface area (Å²) in [5.74, 6) is -1.13. The zero-order valence-corrected chi connectivity index (χ0v) is 21.1. The van der Waals surface area contributed by atoms with Gasteiger partial charge in [0.25, 0.3) is 0 Å². The molecule has 31 heavy (non-hydrogen) atoms. The maximum absolute atomic E-state index is 12.6. The number of esters is 1. The molecule has 0 bridgehead atoms. The Morgan fingerprint density at radius 1 is 1.16 bits per heavy atom. The summed E-state index contributed by atoms with van der Waals surface area (Å²) in [4.78, 5) is 38.1. The number of nitrogens with one attached hydrogen (secondary N) is 1. The van der Waals surface area contributed by atoms with Crippen molar-refractivity contribution in [2.24, 2.45) is 0 Å². The number of hydrogen-bond donors (Lipinski definition) is 1. The molecule has 0 fully saturated rings. The molecule has 0 aliphatic rings. The fourth-order valence-corrected chi connectivity index (χ4v) is 3.29. The van der Waals surface area contributed by atoms with E-state index in [0.717, 1.165) is 26.1 Å². The number of rotatable bonds is 8. The standard InChI is InChI=1S/C19H27IN2O8S/c1-12(22(5)18(25)29-19(2,3)4)16(23)21-15(17(24)28-6)11-13-7-9-14(10-8-13)30-31(20,26)27/h7-10,12,15H,11H2,1-6H3,(H,21,23)/t12-,15-/m0/s1. The Hall–Kier alpha value is -2.09. The van der Waals surface area contributed by atoms with Gasteiger partial charge in [-0.05, 0) is 45.4 Å². The van der Waals surface area contributed by atoms with Crippen molar-refractivity contribution in [2.45, 2.75) is 51.8 Å². The fourth-order valence-electron chi connectivity index (χ4n) is 2.33.